The van der Waals surface area contributed by atoms with Crippen LogP contribution in [0, 0.1) is 6.92 Å². The van der Waals surface area contributed by atoms with Gasteiger partial charge in [-0.25, -0.2) is 4.98 Å². The Bertz CT molecular complexity index is 555. The van der Waals surface area contributed by atoms with Crippen LogP contribution in [0.3, 0.4) is 0 Å². The van der Waals surface area contributed by atoms with Crippen molar-refractivity contribution >= 4 is 11.8 Å². The van der Waals surface area contributed by atoms with Crippen LogP contribution in [-0.4, -0.2) is 16.0 Å². The van der Waals surface area contributed by atoms with Crippen LogP contribution in [-0.2, 0) is 12.8 Å². The molecule has 1 heterocycles. The van der Waals surface area contributed by atoms with Gasteiger partial charge in [0.25, 0.3) is 0 Å². The van der Waals surface area contributed by atoms with Gasteiger partial charge in [-0.3, -0.25) is 0 Å². The van der Waals surface area contributed by atoms with Crippen LogP contribution in [0.5, 0.6) is 0 Å². The Morgan fingerprint density at radius 1 is 1.22 bits per heavy atom. The van der Waals surface area contributed by atoms with Crippen molar-refractivity contribution in [2.75, 3.05) is 11.1 Å². The largest absolute Gasteiger partial charge is 0.368 e. The molecule has 0 saturated carbocycles. The molecule has 0 aliphatic heterocycles. The minimum atomic E-state index is 0.318. The van der Waals surface area contributed by atoms with Crippen molar-refractivity contribution in [2.24, 2.45) is 0 Å². The number of fused-ring (bicyclic) bond motifs is 1. The molecule has 0 radical (unpaired) electrons. The number of aromatic nitrogens is 2. The molecule has 2 aromatic rings. The highest BCUT2D eigenvalue weighted by Gasteiger charge is 2.21. The zero-order valence-electron chi connectivity index (χ0n) is 10.4. The van der Waals surface area contributed by atoms with Crippen molar-refractivity contribution in [1.82, 2.24) is 9.97 Å². The first kappa shape index (κ1) is 11.0. The minimum absolute atomic E-state index is 0.318. The maximum Gasteiger partial charge on any atom is 0.221 e. The van der Waals surface area contributed by atoms with Crippen LogP contribution in [0.4, 0.5) is 11.8 Å². The highest BCUT2D eigenvalue weighted by molar-refractivity contribution is 5.48. The molecule has 0 bridgehead atoms. The fourth-order valence-corrected chi connectivity index (χ4v) is 2.46. The number of hydrogen-bond acceptors (Lipinski definition) is 4. The van der Waals surface area contributed by atoms with E-state index in [0.717, 1.165) is 24.2 Å². The molecule has 0 spiro atoms. The summed E-state index contributed by atoms with van der Waals surface area (Å²) in [5.41, 5.74) is 9.50. The lowest BCUT2D eigenvalue weighted by atomic mass is 10.1. The van der Waals surface area contributed by atoms with Gasteiger partial charge in [-0.15, -0.1) is 0 Å². The Kier molecular flexibility index (Phi) is 2.63. The molecule has 1 aromatic carbocycles. The molecule has 4 nitrogen and oxygen atoms in total. The Balaban J connectivity index is 1.78. The molecule has 0 atom stereocenters. The zero-order valence-corrected chi connectivity index (χ0v) is 10.4. The van der Waals surface area contributed by atoms with Gasteiger partial charge >= 0.3 is 0 Å². The van der Waals surface area contributed by atoms with Gasteiger partial charge in [0.15, 0.2) is 0 Å². The molecule has 0 saturated heterocycles. The van der Waals surface area contributed by atoms with E-state index in [0.29, 0.717) is 12.0 Å². The number of anilines is 2. The molecule has 0 amide bonds. The zero-order chi connectivity index (χ0) is 12.5. The van der Waals surface area contributed by atoms with E-state index < -0.39 is 0 Å². The standard InChI is InChI=1S/C14H16N4/c1-9-8-16-14(15)18-13(9)17-12-6-10-4-2-3-5-11(10)7-12/h2-5,8,12H,6-7H2,1H3,(H3,15,16,17,18). The molecule has 1 aromatic heterocycles. The lowest BCUT2D eigenvalue weighted by molar-refractivity contribution is 0.766. The molecule has 0 unspecified atom stereocenters. The van der Waals surface area contributed by atoms with Crippen LogP contribution >= 0.6 is 0 Å². The first-order valence-corrected chi connectivity index (χ1v) is 6.15. The van der Waals surface area contributed by atoms with Crippen molar-refractivity contribution in [3.63, 3.8) is 0 Å². The third-order valence-corrected chi connectivity index (χ3v) is 3.38. The van der Waals surface area contributed by atoms with Gasteiger partial charge in [0.05, 0.1) is 0 Å². The molecule has 1 aliphatic rings. The highest BCUT2D eigenvalue weighted by atomic mass is 15.1. The van der Waals surface area contributed by atoms with Crippen LogP contribution in [0.2, 0.25) is 0 Å². The van der Waals surface area contributed by atoms with E-state index in [9.17, 15) is 0 Å². The van der Waals surface area contributed by atoms with Gasteiger partial charge in [0.1, 0.15) is 5.82 Å². The summed E-state index contributed by atoms with van der Waals surface area (Å²) < 4.78 is 0. The van der Waals surface area contributed by atoms with Gasteiger partial charge in [0.2, 0.25) is 5.95 Å². The molecule has 1 aliphatic carbocycles. The highest BCUT2D eigenvalue weighted by Crippen LogP contribution is 2.24. The SMILES string of the molecule is Cc1cnc(N)nc1NC1Cc2ccccc2C1. The Labute approximate surface area is 106 Å². The summed E-state index contributed by atoms with van der Waals surface area (Å²) in [6.45, 7) is 1.99. The Hall–Kier alpha value is -2.10. The van der Waals surface area contributed by atoms with Crippen molar-refractivity contribution in [3.8, 4) is 0 Å². The summed E-state index contributed by atoms with van der Waals surface area (Å²) in [5.74, 6) is 1.17. The van der Waals surface area contributed by atoms with E-state index >= 15 is 0 Å². The third kappa shape index (κ3) is 2.01. The first-order valence-electron chi connectivity index (χ1n) is 6.15. The summed E-state index contributed by atoms with van der Waals surface area (Å²) in [6.07, 6.45) is 3.84. The van der Waals surface area contributed by atoms with Gasteiger partial charge in [-0.05, 0) is 30.9 Å². The third-order valence-electron chi connectivity index (χ3n) is 3.38. The fraction of sp³-hybridized carbons (Fsp3) is 0.286. The topological polar surface area (TPSA) is 63.8 Å². The lowest BCUT2D eigenvalue weighted by Crippen LogP contribution is -2.21. The van der Waals surface area contributed by atoms with Gasteiger partial charge in [-0.2, -0.15) is 4.98 Å². The summed E-state index contributed by atoms with van der Waals surface area (Å²) in [7, 11) is 0. The predicted octanol–water partition coefficient (Wildman–Crippen LogP) is 1.95. The molecular formula is C14H16N4. The number of hydrogen-bond donors (Lipinski definition) is 2. The van der Waals surface area contributed by atoms with E-state index in [4.69, 9.17) is 5.73 Å². The molecule has 3 rings (SSSR count). The lowest BCUT2D eigenvalue weighted by Gasteiger charge is -2.14. The smallest absolute Gasteiger partial charge is 0.221 e. The monoisotopic (exact) mass is 240 g/mol. The predicted molar refractivity (Wildman–Crippen MR) is 72.4 cm³/mol. The second kappa shape index (κ2) is 4.29. The fourth-order valence-electron chi connectivity index (χ4n) is 2.46. The van der Waals surface area contributed by atoms with Crippen molar-refractivity contribution < 1.29 is 0 Å². The van der Waals surface area contributed by atoms with Crippen molar-refractivity contribution in [3.05, 3.63) is 47.2 Å². The van der Waals surface area contributed by atoms with Gasteiger partial charge in [0, 0.05) is 17.8 Å². The first-order chi connectivity index (χ1) is 8.72. The van der Waals surface area contributed by atoms with Crippen LogP contribution in [0.1, 0.15) is 16.7 Å². The summed E-state index contributed by atoms with van der Waals surface area (Å²) >= 11 is 0. The molecule has 18 heavy (non-hydrogen) atoms. The van der Waals surface area contributed by atoms with E-state index in [-0.39, 0.29) is 0 Å². The van der Waals surface area contributed by atoms with E-state index in [1.54, 1.807) is 6.20 Å². The van der Waals surface area contributed by atoms with Crippen LogP contribution in [0.25, 0.3) is 0 Å². The van der Waals surface area contributed by atoms with Crippen LogP contribution < -0.4 is 11.1 Å². The van der Waals surface area contributed by atoms with Gasteiger partial charge < -0.3 is 11.1 Å². The molecule has 0 fully saturated rings. The normalized spacial score (nSPS) is 14.5. The van der Waals surface area contributed by atoms with Gasteiger partial charge in [-0.1, -0.05) is 24.3 Å². The second-order valence-electron chi connectivity index (χ2n) is 4.78. The summed E-state index contributed by atoms with van der Waals surface area (Å²) in [6, 6.07) is 8.97. The average Bonchev–Trinajstić information content (AvgIpc) is 2.76. The average molecular weight is 240 g/mol. The number of rotatable bonds is 2. The number of nitrogens with one attached hydrogen (secondary N) is 1. The van der Waals surface area contributed by atoms with E-state index in [1.165, 1.54) is 11.1 Å². The number of aryl methyl sites for hydroxylation is 1. The molecule has 92 valence electrons. The van der Waals surface area contributed by atoms with E-state index in [1.807, 2.05) is 6.92 Å². The summed E-state index contributed by atoms with van der Waals surface area (Å²) in [5, 5.41) is 3.47. The minimum Gasteiger partial charge on any atom is -0.368 e. The second-order valence-corrected chi connectivity index (χ2v) is 4.78. The number of nitrogens with zero attached hydrogens (tertiary/aromatic N) is 2. The maximum absolute atomic E-state index is 5.62. The number of benzene rings is 1. The van der Waals surface area contributed by atoms with E-state index in [2.05, 4.69) is 39.6 Å². The van der Waals surface area contributed by atoms with Crippen molar-refractivity contribution in [2.45, 2.75) is 25.8 Å². The summed E-state index contributed by atoms with van der Waals surface area (Å²) in [4.78, 5) is 8.23. The molecule has 3 N–H and O–H groups in total. The van der Waals surface area contributed by atoms with Crippen molar-refractivity contribution in [1.29, 1.82) is 0 Å². The Morgan fingerprint density at radius 3 is 2.56 bits per heavy atom. The number of nitrogens with two attached hydrogens (primary N) is 1. The molecule has 4 heteroatoms. The molecular weight excluding hydrogens is 224 g/mol. The maximum atomic E-state index is 5.62. The quantitative estimate of drug-likeness (QED) is 0.842. The van der Waals surface area contributed by atoms with Crippen LogP contribution in [0.15, 0.2) is 30.5 Å². The number of nitrogen functional groups attached to an aromatic ring is 1. The Morgan fingerprint density at radius 2 is 1.89 bits per heavy atom.